The SMILES string of the molecule is C=C(C)/C(CCCC)=C(/Cl)c1cc(C(/C(C)=C/C)c2ccc(C)cc2C)ccc1C. The van der Waals surface area contributed by atoms with Crippen LogP contribution in [-0.2, 0) is 0 Å². The van der Waals surface area contributed by atoms with Crippen molar-refractivity contribution in [2.75, 3.05) is 0 Å². The van der Waals surface area contributed by atoms with Gasteiger partial charge in [0.25, 0.3) is 0 Å². The molecule has 0 heterocycles. The van der Waals surface area contributed by atoms with Crippen molar-refractivity contribution in [3.8, 4) is 0 Å². The molecule has 0 aliphatic rings. The van der Waals surface area contributed by atoms with E-state index < -0.39 is 0 Å². The Morgan fingerprint density at radius 2 is 1.73 bits per heavy atom. The van der Waals surface area contributed by atoms with Gasteiger partial charge in [-0.15, -0.1) is 0 Å². The van der Waals surface area contributed by atoms with Crippen molar-refractivity contribution in [2.45, 2.75) is 73.6 Å². The van der Waals surface area contributed by atoms with Crippen molar-refractivity contribution in [1.82, 2.24) is 0 Å². The lowest BCUT2D eigenvalue weighted by molar-refractivity contribution is 0.794. The van der Waals surface area contributed by atoms with Gasteiger partial charge in [0.15, 0.2) is 0 Å². The number of hydrogen-bond acceptors (Lipinski definition) is 0. The van der Waals surface area contributed by atoms with Crippen LogP contribution in [0.4, 0.5) is 0 Å². The third-order valence-corrected chi connectivity index (χ3v) is 6.47. The molecule has 0 N–H and O–H groups in total. The van der Waals surface area contributed by atoms with E-state index in [-0.39, 0.29) is 5.92 Å². The standard InChI is InChI=1S/C29H37Cl/c1-9-11-12-25(19(3)4)29(30)27-18-24(15-14-22(27)7)28(21(6)10-2)26-16-13-20(5)17-23(26)8/h10,13-18,28H,3,9,11-12H2,1-2,4-8H3/b21-10+,29-25+. The first-order valence-electron chi connectivity index (χ1n) is 11.1. The highest BCUT2D eigenvalue weighted by Crippen LogP contribution is 2.38. The largest absolute Gasteiger partial charge is 0.0958 e. The molecule has 0 nitrogen and oxygen atoms in total. The molecule has 0 radical (unpaired) electrons. The van der Waals surface area contributed by atoms with E-state index in [2.05, 4.69) is 97.5 Å². The highest BCUT2D eigenvalue weighted by molar-refractivity contribution is 6.49. The summed E-state index contributed by atoms with van der Waals surface area (Å²) in [6, 6.07) is 13.5. The lowest BCUT2D eigenvalue weighted by atomic mass is 9.81. The number of hydrogen-bond donors (Lipinski definition) is 0. The normalized spacial score (nSPS) is 13.8. The molecule has 1 atom stereocenters. The molecule has 160 valence electrons. The molecule has 0 amide bonds. The summed E-state index contributed by atoms with van der Waals surface area (Å²) in [6.45, 7) is 19.3. The Balaban J connectivity index is 2.67. The fraction of sp³-hybridized carbons (Fsp3) is 0.379. The average molecular weight is 421 g/mol. The molecular formula is C29H37Cl. The van der Waals surface area contributed by atoms with Crippen molar-refractivity contribution >= 4 is 16.6 Å². The van der Waals surface area contributed by atoms with Crippen LogP contribution in [0, 0.1) is 20.8 Å². The number of aryl methyl sites for hydroxylation is 3. The van der Waals surface area contributed by atoms with Crippen LogP contribution in [0.5, 0.6) is 0 Å². The second kappa shape index (κ2) is 10.8. The van der Waals surface area contributed by atoms with E-state index in [0.29, 0.717) is 0 Å². The minimum Gasteiger partial charge on any atom is -0.0958 e. The molecule has 0 aliphatic heterocycles. The number of allylic oxidation sites excluding steroid dienone is 4. The zero-order valence-electron chi connectivity index (χ0n) is 19.8. The number of halogens is 1. The van der Waals surface area contributed by atoms with Gasteiger partial charge in [-0.25, -0.2) is 0 Å². The average Bonchev–Trinajstić information content (AvgIpc) is 2.70. The van der Waals surface area contributed by atoms with Crippen LogP contribution in [0.2, 0.25) is 0 Å². The summed E-state index contributed by atoms with van der Waals surface area (Å²) >= 11 is 7.00. The first-order valence-corrected chi connectivity index (χ1v) is 11.4. The summed E-state index contributed by atoms with van der Waals surface area (Å²) in [6.07, 6.45) is 5.47. The number of unbranched alkanes of at least 4 members (excludes halogenated alkanes) is 1. The van der Waals surface area contributed by atoms with E-state index in [1.807, 2.05) is 0 Å². The van der Waals surface area contributed by atoms with E-state index >= 15 is 0 Å². The Kier molecular flexibility index (Phi) is 8.74. The lowest BCUT2D eigenvalue weighted by Crippen LogP contribution is -2.06. The Labute approximate surface area is 189 Å². The second-order valence-electron chi connectivity index (χ2n) is 8.58. The van der Waals surface area contributed by atoms with Gasteiger partial charge in [0.1, 0.15) is 0 Å². The molecule has 0 aromatic heterocycles. The lowest BCUT2D eigenvalue weighted by Gasteiger charge is -2.23. The van der Waals surface area contributed by atoms with E-state index in [4.69, 9.17) is 11.6 Å². The Morgan fingerprint density at radius 1 is 1.03 bits per heavy atom. The zero-order valence-corrected chi connectivity index (χ0v) is 20.6. The monoisotopic (exact) mass is 420 g/mol. The third-order valence-electron chi connectivity index (χ3n) is 6.04. The van der Waals surface area contributed by atoms with Crippen LogP contribution >= 0.6 is 11.6 Å². The molecule has 0 spiro atoms. The summed E-state index contributed by atoms with van der Waals surface area (Å²) in [5.74, 6) is 0.225. The molecule has 0 saturated heterocycles. The maximum atomic E-state index is 7.00. The summed E-state index contributed by atoms with van der Waals surface area (Å²) in [5, 5.41) is 0.854. The van der Waals surface area contributed by atoms with Gasteiger partial charge in [-0.3, -0.25) is 0 Å². The summed E-state index contributed by atoms with van der Waals surface area (Å²) in [7, 11) is 0. The van der Waals surface area contributed by atoms with Crippen molar-refractivity contribution < 1.29 is 0 Å². The summed E-state index contributed by atoms with van der Waals surface area (Å²) < 4.78 is 0. The summed E-state index contributed by atoms with van der Waals surface area (Å²) in [5.41, 5.74) is 11.2. The molecule has 0 fully saturated rings. The highest BCUT2D eigenvalue weighted by atomic mass is 35.5. The van der Waals surface area contributed by atoms with Crippen LogP contribution in [0.25, 0.3) is 5.03 Å². The van der Waals surface area contributed by atoms with Gasteiger partial charge in [0.2, 0.25) is 0 Å². The molecule has 0 saturated carbocycles. The van der Waals surface area contributed by atoms with Gasteiger partial charge >= 0.3 is 0 Å². The molecule has 2 rings (SSSR count). The fourth-order valence-corrected chi connectivity index (χ4v) is 4.55. The molecule has 30 heavy (non-hydrogen) atoms. The molecule has 0 bridgehead atoms. The number of rotatable bonds is 8. The quantitative estimate of drug-likeness (QED) is 0.294. The molecule has 2 aromatic rings. The maximum absolute atomic E-state index is 7.00. The first kappa shape index (κ1) is 24.2. The predicted octanol–water partition coefficient (Wildman–Crippen LogP) is 9.43. The van der Waals surface area contributed by atoms with Crippen molar-refractivity contribution in [2.24, 2.45) is 0 Å². The van der Waals surface area contributed by atoms with E-state index in [1.54, 1.807) is 0 Å². The minimum atomic E-state index is 0.225. The highest BCUT2D eigenvalue weighted by Gasteiger charge is 2.20. The maximum Gasteiger partial charge on any atom is 0.0515 e. The molecule has 1 unspecified atom stereocenters. The Bertz CT molecular complexity index is 972. The van der Waals surface area contributed by atoms with Crippen LogP contribution in [-0.4, -0.2) is 0 Å². The molecular weight excluding hydrogens is 384 g/mol. The molecule has 1 heteroatoms. The topological polar surface area (TPSA) is 0 Å². The van der Waals surface area contributed by atoms with E-state index in [0.717, 1.165) is 35.4 Å². The minimum absolute atomic E-state index is 0.225. The smallest absolute Gasteiger partial charge is 0.0515 e. The molecule has 2 aromatic carbocycles. The van der Waals surface area contributed by atoms with Gasteiger partial charge in [-0.2, -0.15) is 0 Å². The zero-order chi connectivity index (χ0) is 22.4. The van der Waals surface area contributed by atoms with Crippen molar-refractivity contribution in [3.05, 3.63) is 99.2 Å². The van der Waals surface area contributed by atoms with Gasteiger partial charge in [-0.05, 0) is 93.8 Å². The number of benzene rings is 2. The Hall–Kier alpha value is -2.05. The van der Waals surface area contributed by atoms with Crippen LogP contribution in [0.1, 0.15) is 86.3 Å². The van der Waals surface area contributed by atoms with Crippen LogP contribution in [0.15, 0.2) is 65.8 Å². The van der Waals surface area contributed by atoms with Crippen LogP contribution < -0.4 is 0 Å². The van der Waals surface area contributed by atoms with Gasteiger partial charge in [-0.1, -0.05) is 84.6 Å². The van der Waals surface area contributed by atoms with Crippen molar-refractivity contribution in [1.29, 1.82) is 0 Å². The second-order valence-corrected chi connectivity index (χ2v) is 8.95. The summed E-state index contributed by atoms with van der Waals surface area (Å²) in [4.78, 5) is 0. The first-order chi connectivity index (χ1) is 14.2. The molecule has 0 aliphatic carbocycles. The van der Waals surface area contributed by atoms with E-state index in [9.17, 15) is 0 Å². The fourth-order valence-electron chi connectivity index (χ4n) is 4.09. The van der Waals surface area contributed by atoms with Gasteiger partial charge < -0.3 is 0 Å². The van der Waals surface area contributed by atoms with Gasteiger partial charge in [0.05, 0.1) is 5.03 Å². The third kappa shape index (κ3) is 5.55. The Morgan fingerprint density at radius 3 is 2.30 bits per heavy atom. The van der Waals surface area contributed by atoms with Crippen LogP contribution in [0.3, 0.4) is 0 Å². The van der Waals surface area contributed by atoms with Gasteiger partial charge in [0, 0.05) is 5.92 Å². The predicted molar refractivity (Wildman–Crippen MR) is 135 cm³/mol. The van der Waals surface area contributed by atoms with E-state index in [1.165, 1.54) is 39.0 Å². The van der Waals surface area contributed by atoms with Crippen molar-refractivity contribution in [3.63, 3.8) is 0 Å².